The van der Waals surface area contributed by atoms with Crippen molar-refractivity contribution in [2.24, 2.45) is 10.9 Å². The minimum absolute atomic E-state index is 0.514. The Balaban J connectivity index is 1.78. The molecule has 0 aliphatic carbocycles. The highest BCUT2D eigenvalue weighted by molar-refractivity contribution is 7.85. The van der Waals surface area contributed by atoms with Gasteiger partial charge < -0.3 is 10.6 Å². The Bertz CT molecular complexity index is 583. The zero-order valence-electron chi connectivity index (χ0n) is 17.1. The molecular formula is C21H36N4OS. The molecule has 2 unspecified atom stereocenters. The predicted molar refractivity (Wildman–Crippen MR) is 116 cm³/mol. The van der Waals surface area contributed by atoms with E-state index in [4.69, 9.17) is 0 Å². The molecule has 6 heteroatoms. The first-order valence-corrected chi connectivity index (χ1v) is 11.6. The van der Waals surface area contributed by atoms with Crippen LogP contribution in [-0.2, 0) is 10.8 Å². The third-order valence-corrected chi connectivity index (χ3v) is 6.54. The van der Waals surface area contributed by atoms with E-state index in [-0.39, 0.29) is 0 Å². The van der Waals surface area contributed by atoms with Gasteiger partial charge in [0.25, 0.3) is 0 Å². The molecule has 1 fully saturated rings. The third-order valence-electron chi connectivity index (χ3n) is 5.17. The Labute approximate surface area is 167 Å². The molecule has 0 spiro atoms. The van der Waals surface area contributed by atoms with E-state index in [0.29, 0.717) is 24.3 Å². The first-order chi connectivity index (χ1) is 13.1. The van der Waals surface area contributed by atoms with Crippen LogP contribution in [0.5, 0.6) is 0 Å². The maximum atomic E-state index is 12.3. The van der Waals surface area contributed by atoms with Gasteiger partial charge in [-0.15, -0.1) is 0 Å². The zero-order valence-corrected chi connectivity index (χ0v) is 17.9. The molecule has 27 heavy (non-hydrogen) atoms. The van der Waals surface area contributed by atoms with Crippen LogP contribution >= 0.6 is 0 Å². The lowest BCUT2D eigenvalue weighted by molar-refractivity contribution is 0.161. The molecule has 0 radical (unpaired) electrons. The summed E-state index contributed by atoms with van der Waals surface area (Å²) in [5.74, 6) is 1.96. The van der Waals surface area contributed by atoms with Crippen LogP contribution in [0.25, 0.3) is 0 Å². The molecule has 0 saturated carbocycles. The van der Waals surface area contributed by atoms with E-state index in [0.717, 1.165) is 17.4 Å². The van der Waals surface area contributed by atoms with E-state index in [1.807, 2.05) is 30.3 Å². The standard InChI is InChI=1S/C21H36N4OS/c1-18(2)20(25-14-9-4-5-10-15-25)17-24-21(22-3)23-13-16-27(26)19-11-7-6-8-12-19/h6-8,11-12,18,20H,4-5,9-10,13-17H2,1-3H3,(H2,22,23,24). The van der Waals surface area contributed by atoms with Gasteiger partial charge in [0.05, 0.1) is 10.8 Å². The van der Waals surface area contributed by atoms with Gasteiger partial charge in [0.15, 0.2) is 5.96 Å². The molecule has 1 saturated heterocycles. The van der Waals surface area contributed by atoms with E-state index in [9.17, 15) is 4.21 Å². The molecule has 0 aromatic heterocycles. The summed E-state index contributed by atoms with van der Waals surface area (Å²) in [6.45, 7) is 8.53. The van der Waals surface area contributed by atoms with Gasteiger partial charge in [-0.25, -0.2) is 0 Å². The molecule has 1 aliphatic rings. The van der Waals surface area contributed by atoms with Crippen LogP contribution in [0, 0.1) is 5.92 Å². The fourth-order valence-corrected chi connectivity index (χ4v) is 4.57. The van der Waals surface area contributed by atoms with E-state index < -0.39 is 10.8 Å². The first-order valence-electron chi connectivity index (χ1n) is 10.2. The second kappa shape index (κ2) is 12.1. The van der Waals surface area contributed by atoms with Crippen molar-refractivity contribution >= 4 is 16.8 Å². The Kier molecular flexibility index (Phi) is 9.84. The van der Waals surface area contributed by atoms with Crippen molar-refractivity contribution in [2.75, 3.05) is 39.0 Å². The SMILES string of the molecule is CN=C(NCCS(=O)c1ccccc1)NCC(C(C)C)N1CCCCCC1. The number of hydrogen-bond acceptors (Lipinski definition) is 3. The number of guanidine groups is 1. The quantitative estimate of drug-likeness (QED) is 0.528. The maximum Gasteiger partial charge on any atom is 0.191 e. The number of aliphatic imine (C=N–C) groups is 1. The van der Waals surface area contributed by atoms with Crippen molar-refractivity contribution in [1.82, 2.24) is 15.5 Å². The van der Waals surface area contributed by atoms with Crippen molar-refractivity contribution in [2.45, 2.75) is 50.5 Å². The van der Waals surface area contributed by atoms with Gasteiger partial charge in [0.2, 0.25) is 0 Å². The minimum Gasteiger partial charge on any atom is -0.355 e. The molecule has 2 N–H and O–H groups in total. The van der Waals surface area contributed by atoms with Gasteiger partial charge in [-0.2, -0.15) is 0 Å². The van der Waals surface area contributed by atoms with Crippen molar-refractivity contribution < 1.29 is 4.21 Å². The zero-order chi connectivity index (χ0) is 19.5. The van der Waals surface area contributed by atoms with Crippen molar-refractivity contribution in [3.8, 4) is 0 Å². The van der Waals surface area contributed by atoms with Gasteiger partial charge in [-0.05, 0) is 44.0 Å². The molecule has 5 nitrogen and oxygen atoms in total. The van der Waals surface area contributed by atoms with Gasteiger partial charge in [-0.3, -0.25) is 14.1 Å². The Morgan fingerprint density at radius 3 is 2.37 bits per heavy atom. The van der Waals surface area contributed by atoms with E-state index in [1.54, 1.807) is 7.05 Å². The van der Waals surface area contributed by atoms with Gasteiger partial charge in [0.1, 0.15) is 0 Å². The van der Waals surface area contributed by atoms with Crippen molar-refractivity contribution in [3.63, 3.8) is 0 Å². The summed E-state index contributed by atoms with van der Waals surface area (Å²) >= 11 is 0. The van der Waals surface area contributed by atoms with Crippen LogP contribution in [0.1, 0.15) is 39.5 Å². The number of benzene rings is 1. The highest BCUT2D eigenvalue weighted by Crippen LogP contribution is 2.17. The van der Waals surface area contributed by atoms with E-state index in [2.05, 4.69) is 34.4 Å². The molecule has 1 heterocycles. The van der Waals surface area contributed by atoms with Gasteiger partial charge in [0, 0.05) is 36.8 Å². The second-order valence-electron chi connectivity index (χ2n) is 7.50. The number of nitrogens with one attached hydrogen (secondary N) is 2. The van der Waals surface area contributed by atoms with Crippen molar-refractivity contribution in [3.05, 3.63) is 30.3 Å². The first kappa shape index (κ1) is 21.9. The molecule has 0 amide bonds. The summed E-state index contributed by atoms with van der Waals surface area (Å²) in [4.78, 5) is 7.85. The minimum atomic E-state index is -0.981. The average Bonchev–Trinajstić information content (AvgIpc) is 2.96. The lowest BCUT2D eigenvalue weighted by atomic mass is 10.0. The largest absolute Gasteiger partial charge is 0.355 e. The Morgan fingerprint density at radius 2 is 1.78 bits per heavy atom. The molecule has 152 valence electrons. The Hall–Kier alpha value is -1.40. The fourth-order valence-electron chi connectivity index (χ4n) is 3.59. The summed E-state index contributed by atoms with van der Waals surface area (Å²) in [5, 5.41) is 6.79. The number of likely N-dealkylation sites (tertiary alicyclic amines) is 1. The second-order valence-corrected chi connectivity index (χ2v) is 9.07. The van der Waals surface area contributed by atoms with Crippen LogP contribution in [0.15, 0.2) is 40.2 Å². The van der Waals surface area contributed by atoms with Crippen LogP contribution in [0.3, 0.4) is 0 Å². The smallest absolute Gasteiger partial charge is 0.191 e. The van der Waals surface area contributed by atoms with E-state index in [1.165, 1.54) is 38.8 Å². The topological polar surface area (TPSA) is 56.7 Å². The summed E-state index contributed by atoms with van der Waals surface area (Å²) in [5.41, 5.74) is 0. The molecule has 1 aromatic rings. The van der Waals surface area contributed by atoms with E-state index >= 15 is 0 Å². The number of hydrogen-bond donors (Lipinski definition) is 2. The van der Waals surface area contributed by atoms with Gasteiger partial charge in [-0.1, -0.05) is 44.9 Å². The lowest BCUT2D eigenvalue weighted by Gasteiger charge is -2.34. The van der Waals surface area contributed by atoms with Crippen LogP contribution < -0.4 is 10.6 Å². The molecule has 1 aromatic carbocycles. The van der Waals surface area contributed by atoms with Crippen LogP contribution in [-0.4, -0.2) is 60.1 Å². The number of rotatable bonds is 8. The molecule has 0 bridgehead atoms. The Morgan fingerprint density at radius 1 is 1.11 bits per heavy atom. The highest BCUT2D eigenvalue weighted by atomic mass is 32.2. The monoisotopic (exact) mass is 392 g/mol. The van der Waals surface area contributed by atoms with Gasteiger partial charge >= 0.3 is 0 Å². The average molecular weight is 393 g/mol. The van der Waals surface area contributed by atoms with Crippen LogP contribution in [0.4, 0.5) is 0 Å². The summed E-state index contributed by atoms with van der Waals surface area (Å²) in [7, 11) is 0.810. The highest BCUT2D eigenvalue weighted by Gasteiger charge is 2.22. The lowest BCUT2D eigenvalue weighted by Crippen LogP contribution is -2.50. The third kappa shape index (κ3) is 7.62. The molecule has 2 atom stereocenters. The summed E-state index contributed by atoms with van der Waals surface area (Å²) < 4.78 is 12.3. The van der Waals surface area contributed by atoms with Crippen molar-refractivity contribution in [1.29, 1.82) is 0 Å². The molecule has 1 aliphatic heterocycles. The maximum absolute atomic E-state index is 12.3. The van der Waals surface area contributed by atoms with Crippen LogP contribution in [0.2, 0.25) is 0 Å². The normalized spacial score (nSPS) is 18.7. The molecular weight excluding hydrogens is 356 g/mol. The predicted octanol–water partition coefficient (Wildman–Crippen LogP) is 2.86. The summed E-state index contributed by atoms with van der Waals surface area (Å²) in [6, 6.07) is 10.1. The fraction of sp³-hybridized carbons (Fsp3) is 0.667. The summed E-state index contributed by atoms with van der Waals surface area (Å²) in [6.07, 6.45) is 5.33. The number of nitrogens with zero attached hydrogens (tertiary/aromatic N) is 2. The molecule has 2 rings (SSSR count).